The number of carbonyl (C=O) groups is 1. The van der Waals surface area contributed by atoms with E-state index in [1.54, 1.807) is 0 Å². The summed E-state index contributed by atoms with van der Waals surface area (Å²) in [5.74, 6) is 5.31. The normalized spacial score (nSPS) is 55.9. The Hall–Kier alpha value is -0.330. The smallest absolute Gasteiger partial charge is 0.139 e. The zero-order valence-electron chi connectivity index (χ0n) is 21.9. The van der Waals surface area contributed by atoms with Crippen LogP contribution in [0.2, 0.25) is 0 Å². The molecular formula is C30H50O. The number of fused-ring (bicyclic) bond motifs is 7. The molecule has 1 heteroatoms. The molecule has 5 rings (SSSR count). The summed E-state index contributed by atoms with van der Waals surface area (Å²) in [6.07, 6.45) is 13.0. The Labute approximate surface area is 192 Å². The van der Waals surface area contributed by atoms with Gasteiger partial charge in [0.2, 0.25) is 0 Å². The second-order valence-electron chi connectivity index (χ2n) is 15.0. The monoisotopic (exact) mass is 426 g/mol. The van der Waals surface area contributed by atoms with Gasteiger partial charge in [0.1, 0.15) is 5.78 Å². The fourth-order valence-corrected chi connectivity index (χ4v) is 11.5. The SMILES string of the molecule is CC(C)[C@@H]1CC[C@]2(C)CC[C@]3(C)[C@H](CC[C@@H]4[C@@]5(C)C(=O)CCC(C)(C)[C@@H]5CC[C@]43C)[C@@H]12. The van der Waals surface area contributed by atoms with Crippen molar-refractivity contribution >= 4 is 5.78 Å². The van der Waals surface area contributed by atoms with Crippen LogP contribution in [0.3, 0.4) is 0 Å². The molecule has 0 N–H and O–H groups in total. The van der Waals surface area contributed by atoms with Crippen molar-refractivity contribution in [2.45, 2.75) is 120 Å². The third-order valence-electron chi connectivity index (χ3n) is 13.4. The Balaban J connectivity index is 1.57. The van der Waals surface area contributed by atoms with E-state index in [4.69, 9.17) is 0 Å². The quantitative estimate of drug-likeness (QED) is 0.412. The Morgan fingerprint density at radius 1 is 0.742 bits per heavy atom. The number of carbonyl (C=O) groups excluding carboxylic acids is 1. The summed E-state index contributed by atoms with van der Waals surface area (Å²) < 4.78 is 0. The molecule has 5 fully saturated rings. The Kier molecular flexibility index (Phi) is 4.80. The number of ketones is 1. The van der Waals surface area contributed by atoms with Crippen molar-refractivity contribution in [1.29, 1.82) is 0 Å². The molecule has 0 aromatic rings. The van der Waals surface area contributed by atoms with Gasteiger partial charge in [-0.2, -0.15) is 0 Å². The van der Waals surface area contributed by atoms with Crippen LogP contribution in [0.1, 0.15) is 120 Å². The summed E-state index contributed by atoms with van der Waals surface area (Å²) in [5.41, 5.74) is 1.55. The fraction of sp³-hybridized carbons (Fsp3) is 0.967. The summed E-state index contributed by atoms with van der Waals surface area (Å²) in [4.78, 5) is 13.7. The van der Waals surface area contributed by atoms with Crippen molar-refractivity contribution in [3.8, 4) is 0 Å². The van der Waals surface area contributed by atoms with Crippen LogP contribution >= 0.6 is 0 Å². The van der Waals surface area contributed by atoms with E-state index in [0.29, 0.717) is 39.3 Å². The number of rotatable bonds is 1. The Morgan fingerprint density at radius 2 is 1.45 bits per heavy atom. The van der Waals surface area contributed by atoms with Crippen LogP contribution in [0, 0.1) is 62.6 Å². The molecule has 5 saturated carbocycles. The summed E-state index contributed by atoms with van der Waals surface area (Å²) in [6, 6.07) is 0. The van der Waals surface area contributed by atoms with E-state index in [2.05, 4.69) is 55.4 Å². The van der Waals surface area contributed by atoms with Crippen LogP contribution in [0.4, 0.5) is 0 Å². The molecule has 0 aliphatic heterocycles. The largest absolute Gasteiger partial charge is 0.299 e. The van der Waals surface area contributed by atoms with E-state index < -0.39 is 0 Å². The Bertz CT molecular complexity index is 764. The number of hydrogen-bond donors (Lipinski definition) is 0. The van der Waals surface area contributed by atoms with Gasteiger partial charge in [-0.3, -0.25) is 4.79 Å². The first kappa shape index (κ1) is 22.5. The molecule has 0 heterocycles. The van der Waals surface area contributed by atoms with Gasteiger partial charge in [-0.25, -0.2) is 0 Å². The molecule has 0 aromatic heterocycles. The number of hydrogen-bond acceptors (Lipinski definition) is 1. The minimum Gasteiger partial charge on any atom is -0.299 e. The van der Waals surface area contributed by atoms with Gasteiger partial charge in [-0.05, 0) is 115 Å². The maximum Gasteiger partial charge on any atom is 0.139 e. The summed E-state index contributed by atoms with van der Waals surface area (Å²) in [7, 11) is 0. The highest BCUT2D eigenvalue weighted by Crippen LogP contribution is 2.77. The molecule has 0 unspecified atom stereocenters. The standard InChI is InChI=1S/C30H50O/c1-19(2)20-11-15-27(5)17-18-28(6)21(25(20)27)9-10-23-29(28,7)16-12-22-26(3,4)14-13-24(31)30(22,23)8/h19-23,25H,9-18H2,1-8H3/t20-,21+,22-,23-,25+,27+,28+,29+,30-/m0/s1. The highest BCUT2D eigenvalue weighted by molar-refractivity contribution is 5.86. The highest BCUT2D eigenvalue weighted by Gasteiger charge is 2.71. The van der Waals surface area contributed by atoms with E-state index >= 15 is 0 Å². The average Bonchev–Trinajstić information content (AvgIpc) is 3.04. The van der Waals surface area contributed by atoms with E-state index in [0.717, 1.165) is 36.5 Å². The van der Waals surface area contributed by atoms with Crippen molar-refractivity contribution in [2.24, 2.45) is 62.6 Å². The summed E-state index contributed by atoms with van der Waals surface area (Å²) in [6.45, 7) is 20.4. The van der Waals surface area contributed by atoms with Crippen LogP contribution in [-0.4, -0.2) is 5.78 Å². The molecule has 1 nitrogen and oxygen atoms in total. The summed E-state index contributed by atoms with van der Waals surface area (Å²) in [5, 5.41) is 0. The first-order chi connectivity index (χ1) is 14.3. The lowest BCUT2D eigenvalue weighted by atomic mass is 9.32. The van der Waals surface area contributed by atoms with Crippen molar-refractivity contribution in [2.75, 3.05) is 0 Å². The van der Waals surface area contributed by atoms with Gasteiger partial charge in [0.25, 0.3) is 0 Å². The molecule has 0 spiro atoms. The maximum atomic E-state index is 13.7. The van der Waals surface area contributed by atoms with Crippen molar-refractivity contribution < 1.29 is 4.79 Å². The van der Waals surface area contributed by atoms with Gasteiger partial charge in [0, 0.05) is 11.8 Å². The zero-order chi connectivity index (χ0) is 22.6. The molecule has 5 aliphatic rings. The lowest BCUT2D eigenvalue weighted by Gasteiger charge is -2.72. The maximum absolute atomic E-state index is 13.7. The second-order valence-corrected chi connectivity index (χ2v) is 15.0. The van der Waals surface area contributed by atoms with Gasteiger partial charge < -0.3 is 0 Å². The van der Waals surface area contributed by atoms with Gasteiger partial charge >= 0.3 is 0 Å². The Morgan fingerprint density at radius 3 is 2.13 bits per heavy atom. The van der Waals surface area contributed by atoms with Crippen molar-refractivity contribution in [3.05, 3.63) is 0 Å². The second kappa shape index (κ2) is 6.63. The molecule has 5 aliphatic carbocycles. The van der Waals surface area contributed by atoms with Crippen LogP contribution in [0.5, 0.6) is 0 Å². The predicted octanol–water partition coefficient (Wildman–Crippen LogP) is 8.31. The molecule has 0 bridgehead atoms. The molecule has 0 aromatic carbocycles. The molecule has 9 atom stereocenters. The fourth-order valence-electron chi connectivity index (χ4n) is 11.5. The van der Waals surface area contributed by atoms with Gasteiger partial charge in [0.15, 0.2) is 0 Å². The molecule has 176 valence electrons. The van der Waals surface area contributed by atoms with E-state index in [9.17, 15) is 4.79 Å². The highest BCUT2D eigenvalue weighted by atomic mass is 16.1. The van der Waals surface area contributed by atoms with Crippen LogP contribution in [0.25, 0.3) is 0 Å². The average molecular weight is 427 g/mol. The van der Waals surface area contributed by atoms with Crippen LogP contribution in [-0.2, 0) is 4.79 Å². The predicted molar refractivity (Wildman–Crippen MR) is 130 cm³/mol. The van der Waals surface area contributed by atoms with E-state index in [1.165, 1.54) is 51.4 Å². The van der Waals surface area contributed by atoms with Gasteiger partial charge in [-0.1, -0.05) is 55.4 Å². The lowest BCUT2D eigenvalue weighted by molar-refractivity contribution is -0.231. The van der Waals surface area contributed by atoms with Crippen molar-refractivity contribution in [3.63, 3.8) is 0 Å². The minimum atomic E-state index is -0.0867. The first-order valence-corrected chi connectivity index (χ1v) is 13.8. The molecule has 0 amide bonds. The summed E-state index contributed by atoms with van der Waals surface area (Å²) >= 11 is 0. The first-order valence-electron chi connectivity index (χ1n) is 13.8. The molecular weight excluding hydrogens is 376 g/mol. The molecule has 0 radical (unpaired) electrons. The minimum absolute atomic E-state index is 0.0867. The molecule has 0 saturated heterocycles. The van der Waals surface area contributed by atoms with Crippen LogP contribution in [0.15, 0.2) is 0 Å². The van der Waals surface area contributed by atoms with Crippen LogP contribution < -0.4 is 0 Å². The van der Waals surface area contributed by atoms with Crippen molar-refractivity contribution in [1.82, 2.24) is 0 Å². The number of Topliss-reactive ketones (excluding diaryl/α,β-unsaturated/α-hetero) is 1. The lowest BCUT2D eigenvalue weighted by Crippen LogP contribution is -2.67. The zero-order valence-corrected chi connectivity index (χ0v) is 21.9. The topological polar surface area (TPSA) is 17.1 Å². The van der Waals surface area contributed by atoms with E-state index in [-0.39, 0.29) is 5.41 Å². The van der Waals surface area contributed by atoms with Gasteiger partial charge in [0.05, 0.1) is 0 Å². The van der Waals surface area contributed by atoms with E-state index in [1.807, 2.05) is 0 Å². The van der Waals surface area contributed by atoms with Gasteiger partial charge in [-0.15, -0.1) is 0 Å². The third kappa shape index (κ3) is 2.65. The third-order valence-corrected chi connectivity index (χ3v) is 13.4. The molecule has 31 heavy (non-hydrogen) atoms.